The summed E-state index contributed by atoms with van der Waals surface area (Å²) in [4.78, 5) is 12.0. The van der Waals surface area contributed by atoms with Crippen molar-refractivity contribution in [3.05, 3.63) is 71.8 Å². The zero-order valence-corrected chi connectivity index (χ0v) is 16.1. The van der Waals surface area contributed by atoms with Crippen molar-refractivity contribution in [1.82, 2.24) is 5.43 Å². The normalized spacial score (nSPS) is 10.9. The minimum atomic E-state index is -0.326. The molecule has 0 saturated carbocycles. The summed E-state index contributed by atoms with van der Waals surface area (Å²) >= 11 is 0. The third-order valence-corrected chi connectivity index (χ3v) is 4.37. The Balaban J connectivity index is 1.60. The van der Waals surface area contributed by atoms with Crippen molar-refractivity contribution in [1.29, 1.82) is 0 Å². The molecule has 3 rings (SSSR count). The van der Waals surface area contributed by atoms with Gasteiger partial charge in [-0.05, 0) is 41.0 Å². The number of hydrogen-bond acceptors (Lipinski definition) is 4. The van der Waals surface area contributed by atoms with Gasteiger partial charge in [0.1, 0.15) is 11.5 Å². The number of nitrogens with zero attached hydrogens (tertiary/aromatic N) is 1. The third-order valence-electron chi connectivity index (χ3n) is 4.37. The van der Waals surface area contributed by atoms with Crippen LogP contribution in [0.1, 0.15) is 24.5 Å². The Bertz CT molecular complexity index is 965. The van der Waals surface area contributed by atoms with Crippen LogP contribution in [0.2, 0.25) is 0 Å². The van der Waals surface area contributed by atoms with E-state index in [-0.39, 0.29) is 12.5 Å². The van der Waals surface area contributed by atoms with Crippen molar-refractivity contribution < 1.29 is 14.3 Å². The highest BCUT2D eigenvalue weighted by Gasteiger charge is 2.07. The smallest absolute Gasteiger partial charge is 0.277 e. The largest absolute Gasteiger partial charge is 0.496 e. The van der Waals surface area contributed by atoms with E-state index in [0.717, 1.165) is 29.2 Å². The predicted octanol–water partition coefficient (Wildman–Crippen LogP) is 4.33. The van der Waals surface area contributed by atoms with Crippen molar-refractivity contribution in [2.24, 2.45) is 5.10 Å². The molecule has 3 aromatic carbocycles. The molecule has 0 aromatic heterocycles. The van der Waals surface area contributed by atoms with E-state index in [1.165, 1.54) is 5.56 Å². The number of aryl methyl sites for hydroxylation is 1. The lowest BCUT2D eigenvalue weighted by Gasteiger charge is -2.08. The monoisotopic (exact) mass is 376 g/mol. The molecule has 28 heavy (non-hydrogen) atoms. The van der Waals surface area contributed by atoms with E-state index < -0.39 is 0 Å². The molecule has 0 aliphatic carbocycles. The van der Waals surface area contributed by atoms with Gasteiger partial charge in [0.05, 0.1) is 13.3 Å². The lowest BCUT2D eigenvalue weighted by atomic mass is 10.0. The summed E-state index contributed by atoms with van der Waals surface area (Å²) < 4.78 is 10.9. The van der Waals surface area contributed by atoms with Crippen LogP contribution < -0.4 is 14.9 Å². The molecule has 5 nitrogen and oxygen atoms in total. The Morgan fingerprint density at radius 2 is 1.86 bits per heavy atom. The molecular weight excluding hydrogens is 352 g/mol. The molecule has 0 atom stereocenters. The lowest BCUT2D eigenvalue weighted by Crippen LogP contribution is -2.24. The first kappa shape index (κ1) is 19.4. The number of amides is 1. The molecule has 5 heteroatoms. The highest BCUT2D eigenvalue weighted by molar-refractivity contribution is 6.02. The second kappa shape index (κ2) is 9.55. The van der Waals surface area contributed by atoms with Crippen LogP contribution in [-0.4, -0.2) is 25.8 Å². The molecule has 0 bridgehead atoms. The second-order valence-corrected chi connectivity index (χ2v) is 6.38. The van der Waals surface area contributed by atoms with Crippen LogP contribution in [0.3, 0.4) is 0 Å². The van der Waals surface area contributed by atoms with Crippen LogP contribution in [0.15, 0.2) is 65.8 Å². The Morgan fingerprint density at radius 3 is 2.61 bits per heavy atom. The first-order valence-electron chi connectivity index (χ1n) is 9.30. The molecule has 3 aromatic rings. The lowest BCUT2D eigenvalue weighted by molar-refractivity contribution is -0.123. The number of hydrogen-bond donors (Lipinski definition) is 1. The summed E-state index contributed by atoms with van der Waals surface area (Å²) in [6.07, 6.45) is 3.73. The number of benzene rings is 3. The Kier molecular flexibility index (Phi) is 6.63. The minimum absolute atomic E-state index is 0.100. The van der Waals surface area contributed by atoms with Crippen LogP contribution in [0.4, 0.5) is 0 Å². The number of carbonyl (C=O) groups is 1. The van der Waals surface area contributed by atoms with Gasteiger partial charge in [-0.3, -0.25) is 4.79 Å². The SMILES string of the molecule is CCCc1ccc(OCC(=O)N/N=C/c2c(OC)ccc3ccccc23)cc1. The van der Waals surface area contributed by atoms with Crippen molar-refractivity contribution >= 4 is 22.9 Å². The maximum atomic E-state index is 12.0. The maximum absolute atomic E-state index is 12.0. The van der Waals surface area contributed by atoms with E-state index in [1.54, 1.807) is 13.3 Å². The minimum Gasteiger partial charge on any atom is -0.496 e. The molecule has 0 heterocycles. The van der Waals surface area contributed by atoms with Crippen LogP contribution >= 0.6 is 0 Å². The van der Waals surface area contributed by atoms with E-state index in [1.807, 2.05) is 60.7 Å². The number of carbonyl (C=O) groups excluding carboxylic acids is 1. The van der Waals surface area contributed by atoms with Gasteiger partial charge < -0.3 is 9.47 Å². The van der Waals surface area contributed by atoms with Crippen molar-refractivity contribution in [3.8, 4) is 11.5 Å². The van der Waals surface area contributed by atoms with Gasteiger partial charge in [-0.1, -0.05) is 55.8 Å². The summed E-state index contributed by atoms with van der Waals surface area (Å²) in [7, 11) is 1.61. The quantitative estimate of drug-likeness (QED) is 0.470. The van der Waals surface area contributed by atoms with Gasteiger partial charge >= 0.3 is 0 Å². The first-order valence-corrected chi connectivity index (χ1v) is 9.30. The maximum Gasteiger partial charge on any atom is 0.277 e. The standard InChI is InChI=1S/C23H24N2O3/c1-3-6-17-9-12-19(13-10-17)28-16-23(26)25-24-15-21-20-8-5-4-7-18(20)11-14-22(21)27-2/h4-5,7-15H,3,6,16H2,1-2H3,(H,25,26)/b24-15+. The average Bonchev–Trinajstić information content (AvgIpc) is 2.73. The molecule has 0 saturated heterocycles. The molecular formula is C23H24N2O3. The second-order valence-electron chi connectivity index (χ2n) is 6.38. The van der Waals surface area contributed by atoms with Crippen LogP contribution in [0, 0.1) is 0 Å². The number of ether oxygens (including phenoxy) is 2. The molecule has 0 unspecified atom stereocenters. The molecule has 0 spiro atoms. The van der Waals surface area contributed by atoms with E-state index in [4.69, 9.17) is 9.47 Å². The van der Waals surface area contributed by atoms with Gasteiger partial charge in [-0.25, -0.2) is 5.43 Å². The summed E-state index contributed by atoms with van der Waals surface area (Å²) in [5, 5.41) is 6.14. The molecule has 0 radical (unpaired) electrons. The fraction of sp³-hybridized carbons (Fsp3) is 0.217. The van der Waals surface area contributed by atoms with Gasteiger partial charge in [0.25, 0.3) is 5.91 Å². The number of rotatable bonds is 8. The number of fused-ring (bicyclic) bond motifs is 1. The Hall–Kier alpha value is -3.34. The molecule has 144 valence electrons. The van der Waals surface area contributed by atoms with E-state index in [9.17, 15) is 4.79 Å². The number of methoxy groups -OCH3 is 1. The topological polar surface area (TPSA) is 59.9 Å². The van der Waals surface area contributed by atoms with Crippen molar-refractivity contribution in [2.75, 3.05) is 13.7 Å². The summed E-state index contributed by atoms with van der Waals surface area (Å²) in [6, 6.07) is 19.6. The number of nitrogens with one attached hydrogen (secondary N) is 1. The molecule has 1 amide bonds. The van der Waals surface area contributed by atoms with Gasteiger partial charge in [-0.2, -0.15) is 5.10 Å². The predicted molar refractivity (Wildman–Crippen MR) is 112 cm³/mol. The zero-order valence-electron chi connectivity index (χ0n) is 16.1. The summed E-state index contributed by atoms with van der Waals surface area (Å²) in [5.74, 6) is 1.03. The zero-order chi connectivity index (χ0) is 19.8. The summed E-state index contributed by atoms with van der Waals surface area (Å²) in [6.45, 7) is 2.04. The third kappa shape index (κ3) is 4.88. The molecule has 1 N–H and O–H groups in total. The van der Waals surface area contributed by atoms with Gasteiger partial charge in [-0.15, -0.1) is 0 Å². The van der Waals surface area contributed by atoms with E-state index in [0.29, 0.717) is 11.5 Å². The number of hydrazone groups is 1. The molecule has 0 aliphatic heterocycles. The van der Waals surface area contributed by atoms with Gasteiger partial charge in [0.2, 0.25) is 0 Å². The Morgan fingerprint density at radius 1 is 1.07 bits per heavy atom. The van der Waals surface area contributed by atoms with Crippen molar-refractivity contribution in [2.45, 2.75) is 19.8 Å². The Labute approximate surface area is 165 Å². The van der Waals surface area contributed by atoms with Gasteiger partial charge in [0, 0.05) is 5.56 Å². The van der Waals surface area contributed by atoms with E-state index >= 15 is 0 Å². The first-order chi connectivity index (χ1) is 13.7. The highest BCUT2D eigenvalue weighted by atomic mass is 16.5. The highest BCUT2D eigenvalue weighted by Crippen LogP contribution is 2.26. The van der Waals surface area contributed by atoms with Gasteiger partial charge in [0.15, 0.2) is 6.61 Å². The van der Waals surface area contributed by atoms with Crippen LogP contribution in [-0.2, 0) is 11.2 Å². The summed E-state index contributed by atoms with van der Waals surface area (Å²) in [5.41, 5.74) is 4.57. The average molecular weight is 376 g/mol. The molecule has 0 aliphatic rings. The molecule has 0 fully saturated rings. The van der Waals surface area contributed by atoms with Crippen LogP contribution in [0.5, 0.6) is 11.5 Å². The fourth-order valence-corrected chi connectivity index (χ4v) is 2.98. The van der Waals surface area contributed by atoms with Crippen molar-refractivity contribution in [3.63, 3.8) is 0 Å². The fourth-order valence-electron chi connectivity index (χ4n) is 2.98. The van der Waals surface area contributed by atoms with E-state index in [2.05, 4.69) is 17.5 Å². The van der Waals surface area contributed by atoms with Crippen LogP contribution in [0.25, 0.3) is 10.8 Å².